The second kappa shape index (κ2) is 6.20. The van der Waals surface area contributed by atoms with Crippen LogP contribution >= 0.6 is 0 Å². The predicted molar refractivity (Wildman–Crippen MR) is 90.5 cm³/mol. The first-order valence-electron chi connectivity index (χ1n) is 9.57. The minimum Gasteiger partial charge on any atom is -0.308 e. The molecular formula is C19H36N2. The van der Waals surface area contributed by atoms with E-state index in [1.807, 2.05) is 0 Å². The minimum absolute atomic E-state index is 0.468. The van der Waals surface area contributed by atoms with E-state index >= 15 is 0 Å². The van der Waals surface area contributed by atoms with Crippen molar-refractivity contribution in [2.45, 2.75) is 90.3 Å². The number of piperazine rings is 1. The number of nitrogens with zero attached hydrogens (tertiary/aromatic N) is 1. The number of hydrogen-bond donors (Lipinski definition) is 1. The molecule has 0 aromatic rings. The van der Waals surface area contributed by atoms with Crippen molar-refractivity contribution < 1.29 is 0 Å². The number of rotatable bonds is 3. The van der Waals surface area contributed by atoms with Crippen LogP contribution in [0.2, 0.25) is 0 Å². The normalized spacial score (nSPS) is 40.4. The Bertz CT molecular complexity index is 345. The molecule has 1 aliphatic heterocycles. The molecule has 21 heavy (non-hydrogen) atoms. The standard InChI is InChI=1S/C19H36N2/c1-5-16-8-9-17(15(16)4)21-13-19(10-6-7-11-19)20-12-18(21)14(2)3/h14-18,20H,5-13H2,1-4H3. The van der Waals surface area contributed by atoms with Crippen LogP contribution in [0, 0.1) is 17.8 Å². The molecule has 1 heterocycles. The molecule has 0 aromatic heterocycles. The Morgan fingerprint density at radius 1 is 1.19 bits per heavy atom. The van der Waals surface area contributed by atoms with Gasteiger partial charge in [0, 0.05) is 30.7 Å². The van der Waals surface area contributed by atoms with Crippen molar-refractivity contribution in [3.05, 3.63) is 0 Å². The molecule has 3 fully saturated rings. The molecule has 0 bridgehead atoms. The molecule has 3 rings (SSSR count). The Morgan fingerprint density at radius 2 is 1.90 bits per heavy atom. The third-order valence-corrected chi connectivity index (χ3v) is 7.06. The van der Waals surface area contributed by atoms with Gasteiger partial charge in [0.1, 0.15) is 0 Å². The first-order valence-corrected chi connectivity index (χ1v) is 9.57. The first-order chi connectivity index (χ1) is 10.1. The molecule has 122 valence electrons. The quantitative estimate of drug-likeness (QED) is 0.844. The van der Waals surface area contributed by atoms with Crippen molar-refractivity contribution in [1.82, 2.24) is 10.2 Å². The smallest absolute Gasteiger partial charge is 0.0309 e. The number of nitrogens with one attached hydrogen (secondary N) is 1. The Balaban J connectivity index is 1.77. The second-order valence-corrected chi connectivity index (χ2v) is 8.52. The lowest BCUT2D eigenvalue weighted by Crippen LogP contribution is -2.66. The Labute approximate surface area is 132 Å². The molecule has 4 unspecified atom stereocenters. The zero-order chi connectivity index (χ0) is 15.0. The maximum Gasteiger partial charge on any atom is 0.0309 e. The zero-order valence-corrected chi connectivity index (χ0v) is 14.7. The van der Waals surface area contributed by atoms with E-state index < -0.39 is 0 Å². The summed E-state index contributed by atoms with van der Waals surface area (Å²) in [6, 6.07) is 1.60. The van der Waals surface area contributed by atoms with Gasteiger partial charge in [-0.25, -0.2) is 0 Å². The summed E-state index contributed by atoms with van der Waals surface area (Å²) in [5.41, 5.74) is 0.468. The van der Waals surface area contributed by atoms with Crippen LogP contribution in [0.3, 0.4) is 0 Å². The van der Waals surface area contributed by atoms with Gasteiger partial charge in [0.2, 0.25) is 0 Å². The lowest BCUT2D eigenvalue weighted by Gasteiger charge is -2.51. The fourth-order valence-corrected chi connectivity index (χ4v) is 5.60. The van der Waals surface area contributed by atoms with Crippen molar-refractivity contribution in [1.29, 1.82) is 0 Å². The van der Waals surface area contributed by atoms with Gasteiger partial charge < -0.3 is 5.32 Å². The van der Waals surface area contributed by atoms with Crippen molar-refractivity contribution in [2.75, 3.05) is 13.1 Å². The first kappa shape index (κ1) is 15.8. The third-order valence-electron chi connectivity index (χ3n) is 7.06. The predicted octanol–water partition coefficient (Wildman–Crippen LogP) is 4.05. The van der Waals surface area contributed by atoms with E-state index in [-0.39, 0.29) is 0 Å². The molecule has 4 atom stereocenters. The fourth-order valence-electron chi connectivity index (χ4n) is 5.60. The highest BCUT2D eigenvalue weighted by Crippen LogP contribution is 2.42. The van der Waals surface area contributed by atoms with Crippen LogP contribution in [0.5, 0.6) is 0 Å². The SMILES string of the molecule is CCC1CCC(N2CC3(CCCC3)NCC2C(C)C)C1C. The van der Waals surface area contributed by atoms with Crippen molar-refractivity contribution in [2.24, 2.45) is 17.8 Å². The van der Waals surface area contributed by atoms with Gasteiger partial charge >= 0.3 is 0 Å². The largest absolute Gasteiger partial charge is 0.308 e. The lowest BCUT2D eigenvalue weighted by atomic mass is 9.85. The topological polar surface area (TPSA) is 15.3 Å². The Kier molecular flexibility index (Phi) is 4.66. The summed E-state index contributed by atoms with van der Waals surface area (Å²) < 4.78 is 0. The van der Waals surface area contributed by atoms with Crippen molar-refractivity contribution >= 4 is 0 Å². The average molecular weight is 293 g/mol. The van der Waals surface area contributed by atoms with Gasteiger partial charge in [-0.15, -0.1) is 0 Å². The van der Waals surface area contributed by atoms with E-state index in [0.717, 1.165) is 29.8 Å². The summed E-state index contributed by atoms with van der Waals surface area (Å²) in [6.07, 6.45) is 9.97. The third kappa shape index (κ3) is 2.91. The summed E-state index contributed by atoms with van der Waals surface area (Å²) in [5, 5.41) is 3.98. The van der Waals surface area contributed by atoms with Crippen LogP contribution in [0.15, 0.2) is 0 Å². The Morgan fingerprint density at radius 3 is 2.48 bits per heavy atom. The molecule has 2 heteroatoms. The average Bonchev–Trinajstić information content (AvgIpc) is 3.05. The summed E-state index contributed by atoms with van der Waals surface area (Å²) in [5.74, 6) is 2.63. The summed E-state index contributed by atoms with van der Waals surface area (Å²) in [4.78, 5) is 2.97. The lowest BCUT2D eigenvalue weighted by molar-refractivity contribution is 0.00777. The molecule has 2 aliphatic carbocycles. The summed E-state index contributed by atoms with van der Waals surface area (Å²) in [6.45, 7) is 12.3. The molecule has 0 radical (unpaired) electrons. The second-order valence-electron chi connectivity index (χ2n) is 8.52. The van der Waals surface area contributed by atoms with E-state index in [2.05, 4.69) is 37.9 Å². The summed E-state index contributed by atoms with van der Waals surface area (Å²) >= 11 is 0. The van der Waals surface area contributed by atoms with Crippen LogP contribution in [-0.4, -0.2) is 35.6 Å². The van der Waals surface area contributed by atoms with Gasteiger partial charge in [0.05, 0.1) is 0 Å². The zero-order valence-electron chi connectivity index (χ0n) is 14.7. The van der Waals surface area contributed by atoms with Crippen LogP contribution in [0.1, 0.15) is 72.6 Å². The molecule has 1 N–H and O–H groups in total. The monoisotopic (exact) mass is 292 g/mol. The van der Waals surface area contributed by atoms with Crippen LogP contribution in [0.25, 0.3) is 0 Å². The van der Waals surface area contributed by atoms with Crippen molar-refractivity contribution in [3.8, 4) is 0 Å². The highest BCUT2D eigenvalue weighted by atomic mass is 15.3. The van der Waals surface area contributed by atoms with Crippen LogP contribution < -0.4 is 5.32 Å². The highest BCUT2D eigenvalue weighted by Gasteiger charge is 2.46. The molecule has 2 saturated carbocycles. The molecule has 2 nitrogen and oxygen atoms in total. The van der Waals surface area contributed by atoms with Crippen molar-refractivity contribution in [3.63, 3.8) is 0 Å². The van der Waals surface area contributed by atoms with Gasteiger partial charge in [0.15, 0.2) is 0 Å². The fraction of sp³-hybridized carbons (Fsp3) is 1.00. The number of hydrogen-bond acceptors (Lipinski definition) is 2. The maximum atomic E-state index is 3.98. The van der Waals surface area contributed by atoms with E-state index in [1.54, 1.807) is 0 Å². The van der Waals surface area contributed by atoms with E-state index in [4.69, 9.17) is 0 Å². The highest BCUT2D eigenvalue weighted by molar-refractivity contribution is 5.04. The van der Waals surface area contributed by atoms with Gasteiger partial charge in [0.25, 0.3) is 0 Å². The molecule has 1 saturated heterocycles. The minimum atomic E-state index is 0.468. The molecular weight excluding hydrogens is 256 g/mol. The van der Waals surface area contributed by atoms with Gasteiger partial charge in [-0.05, 0) is 43.4 Å². The van der Waals surface area contributed by atoms with Crippen LogP contribution in [0.4, 0.5) is 0 Å². The molecule has 1 spiro atoms. The molecule has 3 aliphatic rings. The van der Waals surface area contributed by atoms with E-state index in [1.165, 1.54) is 58.0 Å². The van der Waals surface area contributed by atoms with E-state index in [9.17, 15) is 0 Å². The molecule has 0 amide bonds. The summed E-state index contributed by atoms with van der Waals surface area (Å²) in [7, 11) is 0. The van der Waals surface area contributed by atoms with Gasteiger partial charge in [-0.2, -0.15) is 0 Å². The van der Waals surface area contributed by atoms with E-state index in [0.29, 0.717) is 5.54 Å². The van der Waals surface area contributed by atoms with Gasteiger partial charge in [-0.3, -0.25) is 4.90 Å². The van der Waals surface area contributed by atoms with Crippen LogP contribution in [-0.2, 0) is 0 Å². The Hall–Kier alpha value is -0.0800. The molecule has 0 aromatic carbocycles. The maximum absolute atomic E-state index is 3.98. The van der Waals surface area contributed by atoms with Gasteiger partial charge in [-0.1, -0.05) is 47.0 Å².